The number of hydrogen-bond acceptors (Lipinski definition) is 5. The Labute approximate surface area is 119 Å². The summed E-state index contributed by atoms with van der Waals surface area (Å²) in [6.07, 6.45) is 0. The maximum atomic E-state index is 11.2. The van der Waals surface area contributed by atoms with Crippen molar-refractivity contribution in [3.8, 4) is 0 Å². The molecule has 7 heteroatoms. The fraction of sp³-hybridized carbons (Fsp3) is 0. The number of hydrogen-bond donors (Lipinski definition) is 3. The molecule has 0 saturated heterocycles. The summed E-state index contributed by atoms with van der Waals surface area (Å²) in [5.74, 6) is -1.21. The van der Waals surface area contributed by atoms with Crippen LogP contribution in [-0.4, -0.2) is 11.1 Å². The number of carboxylic acids is 1. The summed E-state index contributed by atoms with van der Waals surface area (Å²) < 4.78 is 0. The molecular weight excluding hydrogens is 280 g/mol. The smallest absolute Gasteiger partial charge is 0.338 e. The van der Waals surface area contributed by atoms with E-state index < -0.39 is 5.97 Å². The number of benzene rings is 2. The van der Waals surface area contributed by atoms with Gasteiger partial charge in [-0.25, -0.2) is 4.79 Å². The molecule has 0 bridgehead atoms. The first-order valence-corrected chi connectivity index (χ1v) is 5.96. The monoisotopic (exact) mass is 290 g/mol. The molecule has 0 spiro atoms. The standard InChI is InChI=1S/C13H11ClN4O2/c14-10-9(15)6-8(13(19)20)12(11(10)16)18-17-7-4-2-1-3-5-7/h1-6H,15-16H2,(H,19,20). The van der Waals surface area contributed by atoms with Crippen molar-refractivity contribution in [3.63, 3.8) is 0 Å². The zero-order valence-electron chi connectivity index (χ0n) is 10.2. The first-order chi connectivity index (χ1) is 9.50. The van der Waals surface area contributed by atoms with Crippen LogP contribution in [0.4, 0.5) is 22.7 Å². The Morgan fingerprint density at radius 3 is 2.40 bits per heavy atom. The summed E-state index contributed by atoms with van der Waals surface area (Å²) in [4.78, 5) is 11.2. The maximum Gasteiger partial charge on any atom is 0.338 e. The summed E-state index contributed by atoms with van der Waals surface area (Å²) in [6.45, 7) is 0. The lowest BCUT2D eigenvalue weighted by molar-refractivity contribution is 0.0698. The fourth-order valence-corrected chi connectivity index (χ4v) is 1.71. The minimum atomic E-state index is -1.21. The van der Waals surface area contributed by atoms with Gasteiger partial charge in [0.25, 0.3) is 0 Å². The summed E-state index contributed by atoms with van der Waals surface area (Å²) >= 11 is 5.90. The number of nitrogen functional groups attached to an aromatic ring is 2. The van der Waals surface area contributed by atoms with Crippen molar-refractivity contribution in [1.29, 1.82) is 0 Å². The topological polar surface area (TPSA) is 114 Å². The Hall–Kier alpha value is -2.60. The van der Waals surface area contributed by atoms with E-state index in [0.29, 0.717) is 5.69 Å². The van der Waals surface area contributed by atoms with Gasteiger partial charge in [-0.3, -0.25) is 0 Å². The molecule has 0 radical (unpaired) electrons. The van der Waals surface area contributed by atoms with E-state index in [9.17, 15) is 4.79 Å². The van der Waals surface area contributed by atoms with Gasteiger partial charge in [-0.1, -0.05) is 29.8 Å². The van der Waals surface area contributed by atoms with E-state index in [0.717, 1.165) is 0 Å². The third kappa shape index (κ3) is 2.70. The molecule has 2 aromatic rings. The number of nitrogens with two attached hydrogens (primary N) is 2. The van der Waals surface area contributed by atoms with Crippen molar-refractivity contribution in [2.75, 3.05) is 11.5 Å². The minimum Gasteiger partial charge on any atom is -0.478 e. The third-order valence-electron chi connectivity index (χ3n) is 2.55. The van der Waals surface area contributed by atoms with Crippen molar-refractivity contribution in [2.45, 2.75) is 0 Å². The largest absolute Gasteiger partial charge is 0.478 e. The zero-order chi connectivity index (χ0) is 14.7. The van der Waals surface area contributed by atoms with Gasteiger partial charge in [-0.2, -0.15) is 5.11 Å². The van der Waals surface area contributed by atoms with E-state index >= 15 is 0 Å². The average Bonchev–Trinajstić information content (AvgIpc) is 2.44. The van der Waals surface area contributed by atoms with Crippen LogP contribution in [0.15, 0.2) is 46.6 Å². The molecule has 6 nitrogen and oxygen atoms in total. The molecule has 20 heavy (non-hydrogen) atoms. The van der Waals surface area contributed by atoms with Crippen LogP contribution in [0.3, 0.4) is 0 Å². The van der Waals surface area contributed by atoms with Gasteiger partial charge in [0, 0.05) is 0 Å². The predicted molar refractivity (Wildman–Crippen MR) is 77.9 cm³/mol. The van der Waals surface area contributed by atoms with Gasteiger partial charge >= 0.3 is 5.97 Å². The Bertz CT molecular complexity index is 687. The molecule has 0 saturated carbocycles. The number of azo groups is 1. The zero-order valence-corrected chi connectivity index (χ0v) is 11.0. The summed E-state index contributed by atoms with van der Waals surface area (Å²) in [5.41, 5.74) is 11.8. The molecule has 0 aromatic heterocycles. The van der Waals surface area contributed by atoms with E-state index in [1.165, 1.54) is 6.07 Å². The van der Waals surface area contributed by atoms with Crippen molar-refractivity contribution in [2.24, 2.45) is 10.2 Å². The van der Waals surface area contributed by atoms with Crippen LogP contribution in [-0.2, 0) is 0 Å². The van der Waals surface area contributed by atoms with Crippen molar-refractivity contribution >= 4 is 40.3 Å². The fourth-order valence-electron chi connectivity index (χ4n) is 1.56. The quantitative estimate of drug-likeness (QED) is 0.591. The van der Waals surface area contributed by atoms with E-state index in [1.807, 2.05) is 6.07 Å². The molecule has 0 unspecified atom stereocenters. The van der Waals surface area contributed by atoms with Gasteiger partial charge in [-0.15, -0.1) is 5.11 Å². The molecule has 0 aliphatic rings. The van der Waals surface area contributed by atoms with Crippen LogP contribution in [0.25, 0.3) is 0 Å². The lowest BCUT2D eigenvalue weighted by atomic mass is 10.1. The molecule has 2 rings (SSSR count). The lowest BCUT2D eigenvalue weighted by Gasteiger charge is -2.08. The molecule has 0 aliphatic carbocycles. The molecule has 0 atom stereocenters. The van der Waals surface area contributed by atoms with Crippen molar-refractivity contribution < 1.29 is 9.90 Å². The number of carbonyl (C=O) groups is 1. The average molecular weight is 291 g/mol. The van der Waals surface area contributed by atoms with Crippen LogP contribution >= 0.6 is 11.6 Å². The Balaban J connectivity index is 2.53. The Morgan fingerprint density at radius 1 is 1.15 bits per heavy atom. The second-order valence-electron chi connectivity index (χ2n) is 3.93. The normalized spacial score (nSPS) is 10.8. The maximum absolute atomic E-state index is 11.2. The number of rotatable bonds is 3. The van der Waals surface area contributed by atoms with Crippen LogP contribution in [0.5, 0.6) is 0 Å². The SMILES string of the molecule is Nc1cc(C(=O)O)c(N=Nc2ccccc2)c(N)c1Cl. The van der Waals surface area contributed by atoms with E-state index in [-0.39, 0.29) is 27.6 Å². The summed E-state index contributed by atoms with van der Waals surface area (Å²) in [7, 11) is 0. The van der Waals surface area contributed by atoms with Gasteiger partial charge in [0.15, 0.2) is 0 Å². The van der Waals surface area contributed by atoms with Crippen molar-refractivity contribution in [1.82, 2.24) is 0 Å². The van der Waals surface area contributed by atoms with E-state index in [4.69, 9.17) is 28.2 Å². The summed E-state index contributed by atoms with van der Waals surface area (Å²) in [6, 6.07) is 10.0. The molecule has 5 N–H and O–H groups in total. The number of aromatic carboxylic acids is 1. The van der Waals surface area contributed by atoms with Crippen LogP contribution in [0.2, 0.25) is 5.02 Å². The van der Waals surface area contributed by atoms with Crippen molar-refractivity contribution in [3.05, 3.63) is 47.0 Å². The number of carboxylic acid groups (broad SMARTS) is 1. The van der Waals surface area contributed by atoms with Gasteiger partial charge in [0.2, 0.25) is 0 Å². The predicted octanol–water partition coefficient (Wildman–Crippen LogP) is 3.62. The number of anilines is 2. The van der Waals surface area contributed by atoms with E-state index in [2.05, 4.69) is 10.2 Å². The molecule has 0 aliphatic heterocycles. The number of halogens is 1. The molecule has 0 heterocycles. The van der Waals surface area contributed by atoms with Crippen LogP contribution in [0, 0.1) is 0 Å². The first-order valence-electron chi connectivity index (χ1n) is 5.58. The highest BCUT2D eigenvalue weighted by molar-refractivity contribution is 6.36. The van der Waals surface area contributed by atoms with Gasteiger partial charge < -0.3 is 16.6 Å². The lowest BCUT2D eigenvalue weighted by Crippen LogP contribution is -2.02. The molecule has 102 valence electrons. The third-order valence-corrected chi connectivity index (χ3v) is 2.97. The van der Waals surface area contributed by atoms with Gasteiger partial charge in [0.1, 0.15) is 5.69 Å². The molecule has 2 aromatic carbocycles. The highest BCUT2D eigenvalue weighted by Gasteiger charge is 2.18. The molecular formula is C13H11ClN4O2. The Kier molecular flexibility index (Phi) is 3.86. The highest BCUT2D eigenvalue weighted by Crippen LogP contribution is 2.38. The highest BCUT2D eigenvalue weighted by atomic mass is 35.5. The minimum absolute atomic E-state index is 0.0104. The van der Waals surface area contributed by atoms with Gasteiger partial charge in [0.05, 0.1) is 27.6 Å². The summed E-state index contributed by atoms with van der Waals surface area (Å²) in [5, 5.41) is 17.0. The molecule has 0 amide bonds. The number of nitrogens with zero attached hydrogens (tertiary/aromatic N) is 2. The second kappa shape index (κ2) is 5.58. The molecule has 0 fully saturated rings. The van der Waals surface area contributed by atoms with Crippen LogP contribution in [0.1, 0.15) is 10.4 Å². The Morgan fingerprint density at radius 2 is 1.80 bits per heavy atom. The first kappa shape index (κ1) is 13.8. The van der Waals surface area contributed by atoms with E-state index in [1.54, 1.807) is 24.3 Å². The van der Waals surface area contributed by atoms with Crippen LogP contribution < -0.4 is 11.5 Å². The van der Waals surface area contributed by atoms with Gasteiger partial charge in [-0.05, 0) is 18.2 Å². The second-order valence-corrected chi connectivity index (χ2v) is 4.31.